The van der Waals surface area contributed by atoms with E-state index in [0.717, 1.165) is 35.8 Å². The molecule has 0 aliphatic heterocycles. The lowest BCUT2D eigenvalue weighted by Gasteiger charge is -2.13. The number of halogens is 2. The van der Waals surface area contributed by atoms with Gasteiger partial charge >= 0.3 is 0 Å². The standard InChI is InChI=1S/C20H26ClN3O2.HI/c1-22-20(24-13-15-5-4-6-16(11-15)14-25-2)23-10-9-17-7-8-18(26-3)12-19(17)21;/h4-8,11-12H,9-10,13-14H2,1-3H3,(H2,22,23,24);1H. The zero-order valence-corrected chi connectivity index (χ0v) is 19.0. The van der Waals surface area contributed by atoms with Crippen molar-refractivity contribution in [3.63, 3.8) is 0 Å². The number of methoxy groups -OCH3 is 2. The van der Waals surface area contributed by atoms with Crippen molar-refractivity contribution >= 4 is 41.5 Å². The second kappa shape index (κ2) is 12.8. The summed E-state index contributed by atoms with van der Waals surface area (Å²) in [6.07, 6.45) is 0.798. The van der Waals surface area contributed by atoms with Crippen molar-refractivity contribution in [2.24, 2.45) is 4.99 Å². The van der Waals surface area contributed by atoms with E-state index in [-0.39, 0.29) is 24.0 Å². The summed E-state index contributed by atoms with van der Waals surface area (Å²) in [5, 5.41) is 7.34. The van der Waals surface area contributed by atoms with Gasteiger partial charge < -0.3 is 20.1 Å². The summed E-state index contributed by atoms with van der Waals surface area (Å²) in [4.78, 5) is 4.26. The van der Waals surface area contributed by atoms with Crippen molar-refractivity contribution in [3.8, 4) is 5.75 Å². The summed E-state index contributed by atoms with van der Waals surface area (Å²) in [6, 6.07) is 14.0. The van der Waals surface area contributed by atoms with Crippen LogP contribution in [0.2, 0.25) is 5.02 Å². The molecule has 7 heteroatoms. The minimum Gasteiger partial charge on any atom is -0.497 e. The van der Waals surface area contributed by atoms with Crippen LogP contribution in [0.5, 0.6) is 5.75 Å². The molecule has 2 rings (SSSR count). The molecule has 148 valence electrons. The molecule has 0 aromatic heterocycles. The maximum Gasteiger partial charge on any atom is 0.191 e. The third kappa shape index (κ3) is 7.94. The smallest absolute Gasteiger partial charge is 0.191 e. The highest BCUT2D eigenvalue weighted by Gasteiger charge is 2.04. The predicted octanol–water partition coefficient (Wildman–Crippen LogP) is 4.02. The number of benzene rings is 2. The largest absolute Gasteiger partial charge is 0.497 e. The Morgan fingerprint density at radius 1 is 1.07 bits per heavy atom. The normalized spacial score (nSPS) is 10.9. The van der Waals surface area contributed by atoms with E-state index >= 15 is 0 Å². The van der Waals surface area contributed by atoms with Crippen molar-refractivity contribution < 1.29 is 9.47 Å². The molecule has 0 bridgehead atoms. The SMILES string of the molecule is CN=C(NCCc1ccc(OC)cc1Cl)NCc1cccc(COC)c1.I. The van der Waals surface area contributed by atoms with Gasteiger partial charge in [-0.1, -0.05) is 41.9 Å². The molecule has 0 spiro atoms. The Kier molecular flexibility index (Phi) is 11.2. The van der Waals surface area contributed by atoms with Crippen LogP contribution >= 0.6 is 35.6 Å². The van der Waals surface area contributed by atoms with E-state index < -0.39 is 0 Å². The molecule has 2 N–H and O–H groups in total. The number of nitrogens with one attached hydrogen (secondary N) is 2. The second-order valence-corrected chi connectivity index (χ2v) is 6.22. The van der Waals surface area contributed by atoms with E-state index in [1.807, 2.05) is 24.3 Å². The van der Waals surface area contributed by atoms with Gasteiger partial charge in [-0.2, -0.15) is 0 Å². The van der Waals surface area contributed by atoms with Crippen LogP contribution in [-0.2, 0) is 24.3 Å². The first-order valence-corrected chi connectivity index (χ1v) is 8.87. The number of hydrogen-bond donors (Lipinski definition) is 2. The molecule has 0 saturated carbocycles. The Hall–Kier alpha value is -1.51. The van der Waals surface area contributed by atoms with Crippen LogP contribution < -0.4 is 15.4 Å². The fraction of sp³-hybridized carbons (Fsp3) is 0.350. The van der Waals surface area contributed by atoms with Crippen LogP contribution in [0, 0.1) is 0 Å². The van der Waals surface area contributed by atoms with Crippen molar-refractivity contribution in [3.05, 3.63) is 64.2 Å². The molecule has 0 fully saturated rings. The predicted molar refractivity (Wildman–Crippen MR) is 122 cm³/mol. The van der Waals surface area contributed by atoms with Crippen LogP contribution in [0.25, 0.3) is 0 Å². The van der Waals surface area contributed by atoms with Gasteiger partial charge in [0.05, 0.1) is 13.7 Å². The first kappa shape index (κ1) is 23.5. The Balaban J connectivity index is 0.00000364. The number of aliphatic imine (C=N–C) groups is 1. The van der Waals surface area contributed by atoms with Gasteiger partial charge in [0.1, 0.15) is 5.75 Å². The van der Waals surface area contributed by atoms with Gasteiger partial charge in [-0.05, 0) is 35.2 Å². The molecule has 0 radical (unpaired) electrons. The molecule has 0 atom stereocenters. The van der Waals surface area contributed by atoms with E-state index in [0.29, 0.717) is 18.2 Å². The van der Waals surface area contributed by atoms with Crippen molar-refractivity contribution in [2.45, 2.75) is 19.6 Å². The van der Waals surface area contributed by atoms with E-state index in [2.05, 4.69) is 33.8 Å². The van der Waals surface area contributed by atoms with Gasteiger partial charge in [0, 0.05) is 32.3 Å². The Morgan fingerprint density at radius 2 is 1.85 bits per heavy atom. The fourth-order valence-electron chi connectivity index (χ4n) is 2.58. The van der Waals surface area contributed by atoms with Crippen molar-refractivity contribution in [1.82, 2.24) is 10.6 Å². The molecule has 0 aliphatic rings. The first-order valence-electron chi connectivity index (χ1n) is 8.50. The lowest BCUT2D eigenvalue weighted by atomic mass is 10.1. The number of rotatable bonds is 8. The summed E-state index contributed by atoms with van der Waals surface area (Å²) in [5.41, 5.74) is 3.41. The van der Waals surface area contributed by atoms with E-state index in [1.165, 1.54) is 5.56 Å². The molecule has 0 heterocycles. The van der Waals surface area contributed by atoms with Crippen LogP contribution in [0.15, 0.2) is 47.5 Å². The van der Waals surface area contributed by atoms with E-state index in [9.17, 15) is 0 Å². The molecule has 0 aliphatic carbocycles. The number of nitrogens with zero attached hydrogens (tertiary/aromatic N) is 1. The highest BCUT2D eigenvalue weighted by atomic mass is 127. The summed E-state index contributed by atoms with van der Waals surface area (Å²) >= 11 is 6.28. The number of ether oxygens (including phenoxy) is 2. The third-order valence-electron chi connectivity index (χ3n) is 3.93. The van der Waals surface area contributed by atoms with Gasteiger partial charge in [0.25, 0.3) is 0 Å². The lowest BCUT2D eigenvalue weighted by molar-refractivity contribution is 0.185. The highest BCUT2D eigenvalue weighted by Crippen LogP contribution is 2.22. The van der Waals surface area contributed by atoms with Crippen molar-refractivity contribution in [1.29, 1.82) is 0 Å². The summed E-state index contributed by atoms with van der Waals surface area (Å²) in [5.74, 6) is 1.52. The Bertz CT molecular complexity index is 741. The van der Waals surface area contributed by atoms with E-state index in [1.54, 1.807) is 21.3 Å². The van der Waals surface area contributed by atoms with Gasteiger partial charge in [0.2, 0.25) is 0 Å². The topological polar surface area (TPSA) is 54.9 Å². The second-order valence-electron chi connectivity index (χ2n) is 5.81. The third-order valence-corrected chi connectivity index (χ3v) is 4.28. The molecular formula is C20H27ClIN3O2. The van der Waals surface area contributed by atoms with Crippen LogP contribution in [-0.4, -0.2) is 33.8 Å². The van der Waals surface area contributed by atoms with Gasteiger partial charge in [-0.25, -0.2) is 0 Å². The molecular weight excluding hydrogens is 477 g/mol. The fourth-order valence-corrected chi connectivity index (χ4v) is 2.84. The Morgan fingerprint density at radius 3 is 2.52 bits per heavy atom. The molecule has 27 heavy (non-hydrogen) atoms. The number of hydrogen-bond acceptors (Lipinski definition) is 3. The summed E-state index contributed by atoms with van der Waals surface area (Å²) < 4.78 is 10.3. The van der Waals surface area contributed by atoms with E-state index in [4.69, 9.17) is 21.1 Å². The van der Waals surface area contributed by atoms with Crippen LogP contribution in [0.3, 0.4) is 0 Å². The summed E-state index contributed by atoms with van der Waals surface area (Å²) in [7, 11) is 5.09. The molecule has 2 aromatic carbocycles. The molecule has 2 aromatic rings. The van der Waals surface area contributed by atoms with Crippen LogP contribution in [0.4, 0.5) is 0 Å². The molecule has 5 nitrogen and oxygen atoms in total. The molecule has 0 amide bonds. The highest BCUT2D eigenvalue weighted by molar-refractivity contribution is 14.0. The minimum atomic E-state index is 0. The average Bonchev–Trinajstić information content (AvgIpc) is 2.66. The average molecular weight is 504 g/mol. The lowest BCUT2D eigenvalue weighted by Crippen LogP contribution is -2.37. The first-order chi connectivity index (χ1) is 12.7. The molecule has 0 saturated heterocycles. The maximum atomic E-state index is 6.28. The number of guanidine groups is 1. The van der Waals surface area contributed by atoms with Gasteiger partial charge in [0.15, 0.2) is 5.96 Å². The minimum absolute atomic E-state index is 0. The van der Waals surface area contributed by atoms with Crippen LogP contribution in [0.1, 0.15) is 16.7 Å². The zero-order valence-electron chi connectivity index (χ0n) is 15.9. The zero-order chi connectivity index (χ0) is 18.8. The quantitative estimate of drug-likeness (QED) is 0.325. The monoisotopic (exact) mass is 503 g/mol. The Labute approximate surface area is 183 Å². The maximum absolute atomic E-state index is 6.28. The van der Waals surface area contributed by atoms with Gasteiger partial charge in [-0.15, -0.1) is 24.0 Å². The van der Waals surface area contributed by atoms with Gasteiger partial charge in [-0.3, -0.25) is 4.99 Å². The summed E-state index contributed by atoms with van der Waals surface area (Å²) in [6.45, 7) is 2.04. The molecule has 0 unspecified atom stereocenters. The van der Waals surface area contributed by atoms with Crippen molar-refractivity contribution in [2.75, 3.05) is 27.8 Å².